The van der Waals surface area contributed by atoms with Gasteiger partial charge in [0, 0.05) is 36.8 Å². The molecule has 2 aliphatic rings. The quantitative estimate of drug-likeness (QED) is 0.703. The molecule has 0 aromatic rings. The van der Waals surface area contributed by atoms with Crippen LogP contribution in [0.15, 0.2) is 0 Å². The van der Waals surface area contributed by atoms with Crippen LogP contribution in [-0.4, -0.2) is 46.6 Å². The normalized spacial score (nSPS) is 31.0. The van der Waals surface area contributed by atoms with E-state index in [2.05, 4.69) is 44.4 Å². The van der Waals surface area contributed by atoms with E-state index in [1.54, 1.807) is 0 Å². The Balaban J connectivity index is 0.00000162. The molecule has 2 atom stereocenters. The zero-order chi connectivity index (χ0) is 12.6. The van der Waals surface area contributed by atoms with Crippen LogP contribution in [0.3, 0.4) is 0 Å². The van der Waals surface area contributed by atoms with Crippen molar-refractivity contribution in [1.82, 2.24) is 9.80 Å². The van der Waals surface area contributed by atoms with Crippen molar-refractivity contribution in [2.24, 2.45) is 0 Å². The number of nitrogens with zero attached hydrogens (tertiary/aromatic N) is 2. The number of hydrogen-bond donors (Lipinski definition) is 0. The topological polar surface area (TPSA) is 6.48 Å². The predicted molar refractivity (Wildman–Crippen MR) is 81.1 cm³/mol. The maximum absolute atomic E-state index is 2.83. The predicted octanol–water partition coefficient (Wildman–Crippen LogP) is 3.76. The first-order valence-corrected chi connectivity index (χ1v) is 7.42. The number of fused-ring (bicyclic) bond motifs is 2. The molecule has 0 aliphatic carbocycles. The molecule has 2 nitrogen and oxygen atoms in total. The van der Waals surface area contributed by atoms with Gasteiger partial charge in [-0.05, 0) is 47.5 Å². The molecule has 0 spiro atoms. The van der Waals surface area contributed by atoms with Gasteiger partial charge in [-0.1, -0.05) is 20.3 Å². The highest BCUT2D eigenvalue weighted by molar-refractivity contribution is 4.97. The summed E-state index contributed by atoms with van der Waals surface area (Å²) in [6.07, 6.45) is 5.66. The molecule has 0 N–H and O–H groups in total. The van der Waals surface area contributed by atoms with Crippen molar-refractivity contribution < 1.29 is 0 Å². The first-order chi connectivity index (χ1) is 7.89. The third kappa shape index (κ3) is 3.27. The highest BCUT2D eigenvalue weighted by Gasteiger charge is 2.41. The van der Waals surface area contributed by atoms with Gasteiger partial charge in [-0.2, -0.15) is 0 Å². The minimum Gasteiger partial charge on any atom is -0.298 e. The second kappa shape index (κ2) is 5.92. The summed E-state index contributed by atoms with van der Waals surface area (Å²) in [7, 11) is 0. The van der Waals surface area contributed by atoms with Gasteiger partial charge >= 0.3 is 0 Å². The van der Waals surface area contributed by atoms with Crippen molar-refractivity contribution >= 4 is 0 Å². The largest absolute Gasteiger partial charge is 0.298 e. The summed E-state index contributed by atoms with van der Waals surface area (Å²) in [5, 5.41) is 0. The van der Waals surface area contributed by atoms with E-state index in [0.29, 0.717) is 11.6 Å². The van der Waals surface area contributed by atoms with E-state index in [0.717, 1.165) is 12.1 Å². The lowest BCUT2D eigenvalue weighted by atomic mass is 9.94. The molecule has 2 fully saturated rings. The fourth-order valence-electron chi connectivity index (χ4n) is 3.83. The zero-order valence-electron chi connectivity index (χ0n) is 12.4. The molecule has 0 amide bonds. The molecule has 0 radical (unpaired) electrons. The Bertz CT molecular complexity index is 238. The molecule has 0 aromatic carbocycles. The van der Waals surface area contributed by atoms with Crippen LogP contribution in [0.25, 0.3) is 0 Å². The van der Waals surface area contributed by atoms with Crippen molar-refractivity contribution in [3.8, 4) is 0 Å². The molecule has 0 aromatic heterocycles. The molecule has 2 saturated heterocycles. The van der Waals surface area contributed by atoms with Crippen molar-refractivity contribution in [2.45, 2.75) is 91.4 Å². The van der Waals surface area contributed by atoms with Crippen LogP contribution in [0, 0.1) is 0 Å². The van der Waals surface area contributed by atoms with Gasteiger partial charge in [0.1, 0.15) is 0 Å². The van der Waals surface area contributed by atoms with E-state index in [4.69, 9.17) is 0 Å². The van der Waals surface area contributed by atoms with E-state index in [9.17, 15) is 0 Å². The third-order valence-corrected chi connectivity index (χ3v) is 4.51. The molecule has 2 rings (SSSR count). The second-order valence-corrected chi connectivity index (χ2v) is 7.22. The summed E-state index contributed by atoms with van der Waals surface area (Å²) < 4.78 is 0. The molecule has 2 heterocycles. The van der Waals surface area contributed by atoms with Crippen LogP contribution in [-0.2, 0) is 0 Å². The van der Waals surface area contributed by atoms with Gasteiger partial charge in [0.05, 0.1) is 0 Å². The minimum absolute atomic E-state index is 0. The molecule has 0 saturated carbocycles. The monoisotopic (exact) mass is 254 g/mol. The average molecular weight is 254 g/mol. The summed E-state index contributed by atoms with van der Waals surface area (Å²) in [6.45, 7) is 14.4. The maximum Gasteiger partial charge on any atom is 0.0231 e. The third-order valence-electron chi connectivity index (χ3n) is 4.51. The van der Waals surface area contributed by atoms with Gasteiger partial charge in [0.15, 0.2) is 0 Å². The highest BCUT2D eigenvalue weighted by atomic mass is 15.3. The molecule has 2 bridgehead atoms. The van der Waals surface area contributed by atoms with Crippen LogP contribution < -0.4 is 0 Å². The van der Waals surface area contributed by atoms with Crippen molar-refractivity contribution in [3.63, 3.8) is 0 Å². The average Bonchev–Trinajstić information content (AvgIpc) is 2.34. The van der Waals surface area contributed by atoms with Crippen molar-refractivity contribution in [3.05, 3.63) is 0 Å². The van der Waals surface area contributed by atoms with Gasteiger partial charge in [0.2, 0.25) is 0 Å². The van der Waals surface area contributed by atoms with E-state index < -0.39 is 0 Å². The number of hydrogen-bond acceptors (Lipinski definition) is 2. The minimum atomic E-state index is 0. The summed E-state index contributed by atoms with van der Waals surface area (Å²) in [5.74, 6) is 0. The lowest BCUT2D eigenvalue weighted by Crippen LogP contribution is -2.64. The zero-order valence-corrected chi connectivity index (χ0v) is 12.4. The van der Waals surface area contributed by atoms with Crippen LogP contribution in [0.5, 0.6) is 0 Å². The van der Waals surface area contributed by atoms with Gasteiger partial charge < -0.3 is 0 Å². The summed E-state index contributed by atoms with van der Waals surface area (Å²) >= 11 is 0. The van der Waals surface area contributed by atoms with E-state index in [1.807, 2.05) is 0 Å². The Kier molecular flexibility index (Phi) is 5.25. The molecule has 2 aliphatic heterocycles. The van der Waals surface area contributed by atoms with Gasteiger partial charge in [0.25, 0.3) is 0 Å². The number of piperazine rings is 1. The van der Waals surface area contributed by atoms with Gasteiger partial charge in [-0.15, -0.1) is 0 Å². The first-order valence-electron chi connectivity index (χ1n) is 7.42. The SMILES string of the molecule is C.CC(C)N1CC2CCCCC(C1)N2C(C)(C)C. The summed E-state index contributed by atoms with van der Waals surface area (Å²) in [5.41, 5.74) is 0.336. The van der Waals surface area contributed by atoms with E-state index in [-0.39, 0.29) is 7.43 Å². The molecule has 2 heteroatoms. The smallest absolute Gasteiger partial charge is 0.0231 e. The van der Waals surface area contributed by atoms with Crippen LogP contribution in [0.1, 0.15) is 67.7 Å². The van der Waals surface area contributed by atoms with Gasteiger partial charge in [-0.3, -0.25) is 9.80 Å². The molecule has 108 valence electrons. The number of rotatable bonds is 1. The van der Waals surface area contributed by atoms with E-state index in [1.165, 1.54) is 38.8 Å². The highest BCUT2D eigenvalue weighted by Crippen LogP contribution is 2.33. The fraction of sp³-hybridized carbons (Fsp3) is 1.00. The first kappa shape index (κ1) is 16.0. The van der Waals surface area contributed by atoms with Crippen LogP contribution in [0.2, 0.25) is 0 Å². The Hall–Kier alpha value is -0.0800. The summed E-state index contributed by atoms with van der Waals surface area (Å²) in [4.78, 5) is 5.53. The molecule has 2 unspecified atom stereocenters. The Morgan fingerprint density at radius 1 is 0.944 bits per heavy atom. The van der Waals surface area contributed by atoms with Gasteiger partial charge in [-0.25, -0.2) is 0 Å². The lowest BCUT2D eigenvalue weighted by molar-refractivity contribution is -0.0424. The van der Waals surface area contributed by atoms with Crippen molar-refractivity contribution in [1.29, 1.82) is 0 Å². The lowest BCUT2D eigenvalue weighted by Gasteiger charge is -2.53. The maximum atomic E-state index is 2.83. The molecule has 18 heavy (non-hydrogen) atoms. The molecular weight excluding hydrogens is 220 g/mol. The standard InChI is InChI=1S/C15H30N2.CH4/c1-12(2)16-10-13-8-6-7-9-14(11-16)17(13)15(3,4)5;/h12-14H,6-11H2,1-5H3;1H4. The second-order valence-electron chi connectivity index (χ2n) is 7.22. The van der Waals surface area contributed by atoms with E-state index >= 15 is 0 Å². The Morgan fingerprint density at radius 3 is 1.72 bits per heavy atom. The van der Waals surface area contributed by atoms with Crippen LogP contribution in [0.4, 0.5) is 0 Å². The van der Waals surface area contributed by atoms with Crippen LogP contribution >= 0.6 is 0 Å². The molecular formula is C16H34N2. The fourth-order valence-corrected chi connectivity index (χ4v) is 3.83. The Morgan fingerprint density at radius 2 is 1.39 bits per heavy atom. The summed E-state index contributed by atoms with van der Waals surface area (Å²) in [6, 6.07) is 2.29. The Labute approximate surface area is 115 Å². The van der Waals surface area contributed by atoms with Crippen molar-refractivity contribution in [2.75, 3.05) is 13.1 Å².